The van der Waals surface area contributed by atoms with Gasteiger partial charge >= 0.3 is 0 Å². The fourth-order valence-corrected chi connectivity index (χ4v) is 2.93. The van der Waals surface area contributed by atoms with E-state index in [2.05, 4.69) is 5.16 Å². The van der Waals surface area contributed by atoms with Crippen molar-refractivity contribution in [1.29, 1.82) is 0 Å². The Kier molecular flexibility index (Phi) is 4.24. The van der Waals surface area contributed by atoms with Crippen molar-refractivity contribution in [1.82, 2.24) is 10.1 Å². The lowest BCUT2D eigenvalue weighted by molar-refractivity contribution is 0.0631. The number of methoxy groups -OCH3 is 1. The summed E-state index contributed by atoms with van der Waals surface area (Å²) in [5, 5.41) is 3.83. The summed E-state index contributed by atoms with van der Waals surface area (Å²) in [5.41, 5.74) is 2.55. The summed E-state index contributed by atoms with van der Waals surface area (Å²) in [6, 6.07) is 8.02. The predicted molar refractivity (Wildman–Crippen MR) is 82.6 cm³/mol. The van der Waals surface area contributed by atoms with Gasteiger partial charge in [0.15, 0.2) is 5.76 Å². The maximum Gasteiger partial charge on any atom is 0.259 e. The van der Waals surface area contributed by atoms with Crippen LogP contribution in [0.1, 0.15) is 28.8 Å². The van der Waals surface area contributed by atoms with E-state index in [0.29, 0.717) is 17.9 Å². The second kappa shape index (κ2) is 6.32. The molecule has 0 radical (unpaired) electrons. The predicted octanol–water partition coefficient (Wildman–Crippen LogP) is 2.90. The quantitative estimate of drug-likeness (QED) is 0.871. The van der Waals surface area contributed by atoms with Gasteiger partial charge in [-0.2, -0.15) is 0 Å². The van der Waals surface area contributed by atoms with Crippen molar-refractivity contribution < 1.29 is 14.1 Å². The second-order valence-electron chi connectivity index (χ2n) is 5.68. The van der Waals surface area contributed by atoms with E-state index in [0.717, 1.165) is 30.5 Å². The number of carbonyl (C=O) groups is 1. The van der Waals surface area contributed by atoms with Gasteiger partial charge in [-0.05, 0) is 19.8 Å². The van der Waals surface area contributed by atoms with Crippen molar-refractivity contribution in [2.45, 2.75) is 25.8 Å². The molecule has 2 heterocycles. The molecule has 1 aliphatic heterocycles. The fraction of sp³-hybridized carbons (Fsp3) is 0.412. The van der Waals surface area contributed by atoms with Gasteiger partial charge in [0.25, 0.3) is 5.91 Å². The molecule has 0 bridgehead atoms. The molecule has 0 spiro atoms. The fourth-order valence-electron chi connectivity index (χ4n) is 2.93. The van der Waals surface area contributed by atoms with E-state index >= 15 is 0 Å². The van der Waals surface area contributed by atoms with Crippen LogP contribution in [0.5, 0.6) is 0 Å². The molecule has 1 fully saturated rings. The summed E-state index contributed by atoms with van der Waals surface area (Å²) in [6.45, 7) is 3.35. The second-order valence-corrected chi connectivity index (χ2v) is 5.68. The summed E-state index contributed by atoms with van der Waals surface area (Å²) in [4.78, 5) is 14.7. The first-order valence-corrected chi connectivity index (χ1v) is 7.52. The average Bonchev–Trinajstić information content (AvgIpc) is 3.17. The molecule has 1 atom stereocenters. The van der Waals surface area contributed by atoms with Crippen LogP contribution in [0, 0.1) is 6.92 Å². The number of rotatable bonds is 4. The first-order valence-electron chi connectivity index (χ1n) is 7.52. The summed E-state index contributed by atoms with van der Waals surface area (Å²) >= 11 is 0. The highest BCUT2D eigenvalue weighted by molar-refractivity contribution is 5.99. The number of ether oxygens (including phenoxy) is 1. The molecule has 0 unspecified atom stereocenters. The molecular weight excluding hydrogens is 280 g/mol. The molecule has 0 N–H and O–H groups in total. The number of benzene rings is 1. The summed E-state index contributed by atoms with van der Waals surface area (Å²) in [6.07, 6.45) is 3.50. The Labute approximate surface area is 129 Å². The van der Waals surface area contributed by atoms with Crippen molar-refractivity contribution in [2.75, 3.05) is 20.3 Å². The molecular formula is C17H20N2O3. The highest BCUT2D eigenvalue weighted by Crippen LogP contribution is 2.27. The third kappa shape index (κ3) is 2.76. The van der Waals surface area contributed by atoms with Crippen molar-refractivity contribution in [3.05, 3.63) is 41.6 Å². The molecule has 5 nitrogen and oxygen atoms in total. The average molecular weight is 300 g/mol. The van der Waals surface area contributed by atoms with Crippen LogP contribution in [-0.2, 0) is 4.74 Å². The number of nitrogens with zero attached hydrogens (tertiary/aromatic N) is 2. The van der Waals surface area contributed by atoms with E-state index < -0.39 is 0 Å². The zero-order valence-corrected chi connectivity index (χ0v) is 12.9. The standard InChI is InChI=1S/C17H20N2O3/c1-12-5-7-13(8-6-12)16-15(10-18-22-16)17(20)19-9-3-4-14(19)11-21-2/h5-8,10,14H,3-4,9,11H2,1-2H3/t14-/m1/s1. The Hall–Kier alpha value is -2.14. The van der Waals surface area contributed by atoms with Gasteiger partial charge in [-0.1, -0.05) is 35.0 Å². The highest BCUT2D eigenvalue weighted by Gasteiger charge is 2.32. The monoisotopic (exact) mass is 300 g/mol. The summed E-state index contributed by atoms with van der Waals surface area (Å²) < 4.78 is 10.6. The maximum atomic E-state index is 12.8. The van der Waals surface area contributed by atoms with E-state index in [1.165, 1.54) is 6.20 Å². The Morgan fingerprint density at radius 2 is 2.18 bits per heavy atom. The SMILES string of the molecule is COC[C@H]1CCCN1C(=O)c1cnoc1-c1ccc(C)cc1. The van der Waals surface area contributed by atoms with Crippen LogP contribution in [0.3, 0.4) is 0 Å². The molecule has 2 aromatic rings. The number of hydrogen-bond acceptors (Lipinski definition) is 4. The lowest BCUT2D eigenvalue weighted by Crippen LogP contribution is -2.38. The van der Waals surface area contributed by atoms with Gasteiger partial charge in [0.05, 0.1) is 18.8 Å². The van der Waals surface area contributed by atoms with E-state index in [4.69, 9.17) is 9.26 Å². The number of likely N-dealkylation sites (tertiary alicyclic amines) is 1. The van der Waals surface area contributed by atoms with Crippen LogP contribution in [0.2, 0.25) is 0 Å². The Morgan fingerprint density at radius 3 is 2.91 bits per heavy atom. The lowest BCUT2D eigenvalue weighted by atomic mass is 10.1. The minimum atomic E-state index is -0.0311. The van der Waals surface area contributed by atoms with Gasteiger partial charge in [-0.3, -0.25) is 4.79 Å². The summed E-state index contributed by atoms with van der Waals surface area (Å²) in [7, 11) is 1.66. The van der Waals surface area contributed by atoms with Gasteiger partial charge < -0.3 is 14.2 Å². The minimum Gasteiger partial charge on any atom is -0.383 e. The van der Waals surface area contributed by atoms with Crippen molar-refractivity contribution >= 4 is 5.91 Å². The number of hydrogen-bond donors (Lipinski definition) is 0. The normalized spacial score (nSPS) is 17.9. The number of carbonyl (C=O) groups excluding carboxylic acids is 1. The van der Waals surface area contributed by atoms with Crippen molar-refractivity contribution in [2.24, 2.45) is 0 Å². The van der Waals surface area contributed by atoms with Gasteiger partial charge in [-0.25, -0.2) is 0 Å². The van der Waals surface area contributed by atoms with E-state index in [9.17, 15) is 4.79 Å². The Balaban J connectivity index is 1.88. The van der Waals surface area contributed by atoms with Crippen LogP contribution < -0.4 is 0 Å². The van der Waals surface area contributed by atoms with Crippen LogP contribution in [0.25, 0.3) is 11.3 Å². The zero-order chi connectivity index (χ0) is 15.5. The van der Waals surface area contributed by atoms with Crippen LogP contribution >= 0.6 is 0 Å². The highest BCUT2D eigenvalue weighted by atomic mass is 16.5. The molecule has 1 saturated heterocycles. The maximum absolute atomic E-state index is 12.8. The first-order chi connectivity index (χ1) is 10.7. The van der Waals surface area contributed by atoms with Gasteiger partial charge in [0, 0.05) is 19.2 Å². The third-order valence-corrected chi connectivity index (χ3v) is 4.11. The van der Waals surface area contributed by atoms with Gasteiger partial charge in [0.2, 0.25) is 0 Å². The summed E-state index contributed by atoms with van der Waals surface area (Å²) in [5.74, 6) is 0.504. The molecule has 0 saturated carbocycles. The van der Waals surface area contributed by atoms with E-state index in [-0.39, 0.29) is 11.9 Å². The smallest absolute Gasteiger partial charge is 0.259 e. The molecule has 1 aromatic heterocycles. The molecule has 22 heavy (non-hydrogen) atoms. The van der Waals surface area contributed by atoms with Crippen LogP contribution in [0.4, 0.5) is 0 Å². The van der Waals surface area contributed by atoms with Crippen molar-refractivity contribution in [3.8, 4) is 11.3 Å². The number of aryl methyl sites for hydroxylation is 1. The minimum absolute atomic E-state index is 0.0311. The molecule has 0 aliphatic carbocycles. The molecule has 3 rings (SSSR count). The molecule has 1 aromatic carbocycles. The zero-order valence-electron chi connectivity index (χ0n) is 12.9. The molecule has 1 amide bonds. The van der Waals surface area contributed by atoms with Crippen molar-refractivity contribution in [3.63, 3.8) is 0 Å². The third-order valence-electron chi connectivity index (χ3n) is 4.11. The Bertz CT molecular complexity index is 648. The number of aromatic nitrogens is 1. The topological polar surface area (TPSA) is 55.6 Å². The first kappa shape index (κ1) is 14.8. The van der Waals surface area contributed by atoms with E-state index in [1.807, 2.05) is 36.1 Å². The molecule has 116 valence electrons. The van der Waals surface area contributed by atoms with E-state index in [1.54, 1.807) is 7.11 Å². The number of amides is 1. The Morgan fingerprint density at radius 1 is 1.41 bits per heavy atom. The lowest BCUT2D eigenvalue weighted by Gasteiger charge is -2.23. The van der Waals surface area contributed by atoms with Gasteiger partial charge in [-0.15, -0.1) is 0 Å². The van der Waals surface area contributed by atoms with Crippen LogP contribution in [-0.4, -0.2) is 42.3 Å². The van der Waals surface area contributed by atoms with Gasteiger partial charge in [0.1, 0.15) is 5.56 Å². The molecule has 5 heteroatoms. The molecule has 1 aliphatic rings. The largest absolute Gasteiger partial charge is 0.383 e. The van der Waals surface area contributed by atoms with Crippen LogP contribution in [0.15, 0.2) is 35.0 Å².